The average Bonchev–Trinajstić information content (AvgIpc) is 2.70. The lowest BCUT2D eigenvalue weighted by molar-refractivity contribution is 0.883. The van der Waals surface area contributed by atoms with Crippen molar-refractivity contribution < 1.29 is 0 Å². The van der Waals surface area contributed by atoms with Gasteiger partial charge in [-0.05, 0) is 24.1 Å². The largest absolute Gasteiger partial charge is 0.246 e. The molecule has 1 heterocycles. The topological polar surface area (TPSA) is 12.9 Å². The minimum absolute atomic E-state index is 0.946. The number of thiazole rings is 1. The smallest absolute Gasteiger partial charge is 0.0972 e. The van der Waals surface area contributed by atoms with Crippen LogP contribution in [0.4, 0.5) is 0 Å². The molecule has 0 unspecified atom stereocenters. The Bertz CT molecular complexity index is 447. The van der Waals surface area contributed by atoms with Crippen LogP contribution in [0, 0.1) is 0 Å². The van der Waals surface area contributed by atoms with E-state index in [4.69, 9.17) is 0 Å². The first-order chi connectivity index (χ1) is 7.78. The van der Waals surface area contributed by atoms with E-state index in [1.165, 1.54) is 22.7 Å². The second-order valence-electron chi connectivity index (χ2n) is 3.79. The van der Waals surface area contributed by atoms with Gasteiger partial charge < -0.3 is 0 Å². The molecule has 1 aromatic heterocycles. The lowest BCUT2D eigenvalue weighted by Crippen LogP contribution is -1.88. The summed E-state index contributed by atoms with van der Waals surface area (Å²) in [6.07, 6.45) is 3.21. The molecule has 0 radical (unpaired) electrons. The summed E-state index contributed by atoms with van der Waals surface area (Å²) in [6.45, 7) is 2.19. The fourth-order valence-electron chi connectivity index (χ4n) is 1.58. The fraction of sp³-hybridized carbons (Fsp3) is 0.308. The molecular weight excluding hydrogens is 282 g/mol. The highest BCUT2D eigenvalue weighted by Crippen LogP contribution is 2.17. The SMILES string of the molecule is CCCc1csc(Cc2ccc(Br)cc2)n1. The quantitative estimate of drug-likeness (QED) is 0.812. The van der Waals surface area contributed by atoms with Gasteiger partial charge in [0.05, 0.1) is 10.7 Å². The van der Waals surface area contributed by atoms with Gasteiger partial charge in [-0.1, -0.05) is 41.4 Å². The zero-order valence-electron chi connectivity index (χ0n) is 9.24. The standard InChI is InChI=1S/C13H14BrNS/c1-2-3-12-9-16-13(15-12)8-10-4-6-11(14)7-5-10/h4-7,9H,2-3,8H2,1H3. The molecule has 0 fully saturated rings. The maximum absolute atomic E-state index is 4.62. The maximum Gasteiger partial charge on any atom is 0.0972 e. The minimum Gasteiger partial charge on any atom is -0.246 e. The summed E-state index contributed by atoms with van der Waals surface area (Å²) in [5, 5.41) is 3.39. The second kappa shape index (κ2) is 5.60. The molecule has 2 aromatic rings. The predicted octanol–water partition coefficient (Wildman–Crippen LogP) is 4.45. The minimum atomic E-state index is 0.946. The predicted molar refractivity (Wildman–Crippen MR) is 73.1 cm³/mol. The molecule has 0 bridgehead atoms. The highest BCUT2D eigenvalue weighted by atomic mass is 79.9. The molecule has 1 nitrogen and oxygen atoms in total. The van der Waals surface area contributed by atoms with Crippen molar-refractivity contribution in [2.45, 2.75) is 26.2 Å². The number of hydrogen-bond donors (Lipinski definition) is 0. The Hall–Kier alpha value is -0.670. The van der Waals surface area contributed by atoms with Crippen LogP contribution in [0.2, 0.25) is 0 Å². The lowest BCUT2D eigenvalue weighted by atomic mass is 10.2. The Balaban J connectivity index is 2.05. The molecule has 16 heavy (non-hydrogen) atoms. The molecule has 0 amide bonds. The van der Waals surface area contributed by atoms with E-state index in [-0.39, 0.29) is 0 Å². The van der Waals surface area contributed by atoms with Gasteiger partial charge in [-0.25, -0.2) is 4.98 Å². The van der Waals surface area contributed by atoms with Gasteiger partial charge in [0, 0.05) is 16.3 Å². The van der Waals surface area contributed by atoms with Crippen molar-refractivity contribution in [2.75, 3.05) is 0 Å². The van der Waals surface area contributed by atoms with Gasteiger partial charge in [0.15, 0.2) is 0 Å². The molecule has 3 heteroatoms. The molecule has 84 valence electrons. The maximum atomic E-state index is 4.62. The number of nitrogens with zero attached hydrogens (tertiary/aromatic N) is 1. The molecule has 0 aliphatic rings. The third-order valence-corrected chi connectivity index (χ3v) is 3.80. The Morgan fingerprint density at radius 3 is 2.69 bits per heavy atom. The number of aryl methyl sites for hydroxylation is 1. The highest BCUT2D eigenvalue weighted by Gasteiger charge is 2.02. The third kappa shape index (κ3) is 3.16. The average molecular weight is 296 g/mol. The Kier molecular flexibility index (Phi) is 4.13. The van der Waals surface area contributed by atoms with Crippen molar-refractivity contribution in [3.05, 3.63) is 50.4 Å². The molecule has 0 saturated carbocycles. The van der Waals surface area contributed by atoms with Crippen LogP contribution in [-0.2, 0) is 12.8 Å². The summed E-state index contributed by atoms with van der Waals surface area (Å²) in [5.74, 6) is 0. The number of rotatable bonds is 4. The van der Waals surface area contributed by atoms with E-state index in [1.807, 2.05) is 0 Å². The van der Waals surface area contributed by atoms with E-state index in [0.29, 0.717) is 0 Å². The molecule has 0 aliphatic heterocycles. The zero-order chi connectivity index (χ0) is 11.4. The first-order valence-electron chi connectivity index (χ1n) is 5.45. The van der Waals surface area contributed by atoms with Crippen LogP contribution in [0.1, 0.15) is 29.6 Å². The van der Waals surface area contributed by atoms with E-state index in [2.05, 4.69) is 57.5 Å². The van der Waals surface area contributed by atoms with Gasteiger partial charge >= 0.3 is 0 Å². The second-order valence-corrected chi connectivity index (χ2v) is 5.64. The summed E-state index contributed by atoms with van der Waals surface area (Å²) in [5.41, 5.74) is 2.56. The first kappa shape index (κ1) is 11.8. The molecule has 1 aromatic carbocycles. The number of halogens is 1. The molecule has 0 aliphatic carbocycles. The van der Waals surface area contributed by atoms with E-state index in [1.54, 1.807) is 11.3 Å². The van der Waals surface area contributed by atoms with Crippen LogP contribution in [0.5, 0.6) is 0 Å². The molecule has 0 saturated heterocycles. The molecule has 0 spiro atoms. The molecule has 2 rings (SSSR count). The van der Waals surface area contributed by atoms with Gasteiger partial charge in [-0.15, -0.1) is 11.3 Å². The van der Waals surface area contributed by atoms with Gasteiger partial charge in [-0.2, -0.15) is 0 Å². The van der Waals surface area contributed by atoms with E-state index >= 15 is 0 Å². The van der Waals surface area contributed by atoms with Crippen molar-refractivity contribution in [1.29, 1.82) is 0 Å². The van der Waals surface area contributed by atoms with Crippen LogP contribution >= 0.6 is 27.3 Å². The lowest BCUT2D eigenvalue weighted by Gasteiger charge is -1.97. The van der Waals surface area contributed by atoms with Crippen molar-refractivity contribution in [3.8, 4) is 0 Å². The first-order valence-corrected chi connectivity index (χ1v) is 7.13. The van der Waals surface area contributed by atoms with E-state index < -0.39 is 0 Å². The van der Waals surface area contributed by atoms with Crippen LogP contribution in [0.3, 0.4) is 0 Å². The third-order valence-electron chi connectivity index (χ3n) is 2.37. The van der Waals surface area contributed by atoms with Gasteiger partial charge in [0.25, 0.3) is 0 Å². The van der Waals surface area contributed by atoms with E-state index in [9.17, 15) is 0 Å². The van der Waals surface area contributed by atoms with Gasteiger partial charge in [0.2, 0.25) is 0 Å². The van der Waals surface area contributed by atoms with Crippen LogP contribution in [0.25, 0.3) is 0 Å². The number of hydrogen-bond acceptors (Lipinski definition) is 2. The van der Waals surface area contributed by atoms with Crippen LogP contribution in [-0.4, -0.2) is 4.98 Å². The summed E-state index contributed by atoms with van der Waals surface area (Å²) in [7, 11) is 0. The van der Waals surface area contributed by atoms with Crippen molar-refractivity contribution in [1.82, 2.24) is 4.98 Å². The highest BCUT2D eigenvalue weighted by molar-refractivity contribution is 9.10. The summed E-state index contributed by atoms with van der Waals surface area (Å²) in [6, 6.07) is 8.45. The van der Waals surface area contributed by atoms with Crippen LogP contribution in [0.15, 0.2) is 34.1 Å². The molecular formula is C13H14BrNS. The van der Waals surface area contributed by atoms with Crippen molar-refractivity contribution in [3.63, 3.8) is 0 Å². The van der Waals surface area contributed by atoms with Crippen LogP contribution < -0.4 is 0 Å². The van der Waals surface area contributed by atoms with E-state index in [0.717, 1.165) is 17.3 Å². The summed E-state index contributed by atoms with van der Waals surface area (Å²) < 4.78 is 1.13. The molecule has 0 atom stereocenters. The molecule has 0 N–H and O–H groups in total. The number of aromatic nitrogens is 1. The van der Waals surface area contributed by atoms with Crippen molar-refractivity contribution >= 4 is 27.3 Å². The normalized spacial score (nSPS) is 10.6. The van der Waals surface area contributed by atoms with Gasteiger partial charge in [0.1, 0.15) is 0 Å². The fourth-order valence-corrected chi connectivity index (χ4v) is 2.70. The van der Waals surface area contributed by atoms with Crippen molar-refractivity contribution in [2.24, 2.45) is 0 Å². The summed E-state index contributed by atoms with van der Waals surface area (Å²) in [4.78, 5) is 4.62. The Morgan fingerprint density at radius 1 is 1.25 bits per heavy atom. The summed E-state index contributed by atoms with van der Waals surface area (Å²) >= 11 is 5.21. The monoisotopic (exact) mass is 295 g/mol. The zero-order valence-corrected chi connectivity index (χ0v) is 11.6. The Morgan fingerprint density at radius 2 is 2.00 bits per heavy atom. The Labute approximate surface area is 109 Å². The van der Waals surface area contributed by atoms with Gasteiger partial charge in [-0.3, -0.25) is 0 Å². The number of benzene rings is 1.